The van der Waals surface area contributed by atoms with Gasteiger partial charge in [-0.1, -0.05) is 27.7 Å². The number of rotatable bonds is 25. The lowest BCUT2D eigenvalue weighted by molar-refractivity contribution is -0.135. The highest BCUT2D eigenvalue weighted by Gasteiger charge is 2.32. The SMILES string of the molecule is CC(=O)N[C@@H](CO)C(=O)N[C@@H](Cc1cnc[nH]1)C(=O)N[C@@H](CC(C)C)C(=O)N[C@@H](C)C(=O)N[C@@H](CC(C)C)C(=O)N[C@@H](C)C(=O)N[C@H](C=O)CCCN=C(N)N. The number of aldehydes is 1. The van der Waals surface area contributed by atoms with Crippen molar-refractivity contribution in [2.24, 2.45) is 28.3 Å². The van der Waals surface area contributed by atoms with Crippen LogP contribution in [0, 0.1) is 11.8 Å². The number of carbonyl (C=O) groups excluding carboxylic acids is 8. The summed E-state index contributed by atoms with van der Waals surface area (Å²) in [6, 6.07) is -7.98. The normalized spacial score (nSPS) is 14.8. The number of amides is 7. The number of H-pyrrole nitrogens is 1. The standard InChI is InChI=1S/C35H60N12O9/c1-18(2)11-25(31(53)41-20(5)29(51)44-23(15-48)9-8-10-39-35(36)37)45-30(52)21(6)42-32(54)26(12-19(3)4)46-33(55)27(13-24-14-38-17-40-24)47-34(56)28(16-49)43-22(7)50/h14-15,17-21,23,25-28,49H,8-13,16H2,1-7H3,(H,38,40)(H,41,53)(H,42,54)(H,43,50)(H,44,51)(H,45,52)(H,46,55)(H,47,56)(H4,36,37,39)/t20-,21-,23-,25-,26-,27-,28-/m0/s1. The average Bonchev–Trinajstić information content (AvgIpc) is 3.63. The summed E-state index contributed by atoms with van der Waals surface area (Å²) in [7, 11) is 0. The fourth-order valence-electron chi connectivity index (χ4n) is 5.27. The van der Waals surface area contributed by atoms with E-state index in [9.17, 15) is 43.5 Å². The molecule has 7 amide bonds. The highest BCUT2D eigenvalue weighted by molar-refractivity contribution is 5.97. The molecule has 0 aromatic carbocycles. The van der Waals surface area contributed by atoms with Crippen molar-refractivity contribution >= 4 is 53.6 Å². The van der Waals surface area contributed by atoms with Crippen LogP contribution in [0.4, 0.5) is 0 Å². The van der Waals surface area contributed by atoms with Crippen LogP contribution in [0.1, 0.15) is 79.8 Å². The quantitative estimate of drug-likeness (QED) is 0.0201. The number of carbonyl (C=O) groups is 8. The number of nitrogens with one attached hydrogen (secondary N) is 8. The summed E-state index contributed by atoms with van der Waals surface area (Å²) in [5.74, 6) is -5.18. The minimum Gasteiger partial charge on any atom is -0.394 e. The van der Waals surface area contributed by atoms with Gasteiger partial charge in [-0.2, -0.15) is 0 Å². The van der Waals surface area contributed by atoms with Gasteiger partial charge in [0.05, 0.1) is 19.0 Å². The first-order valence-corrected chi connectivity index (χ1v) is 18.5. The number of aromatic nitrogens is 2. The Morgan fingerprint density at radius 3 is 1.66 bits per heavy atom. The third kappa shape index (κ3) is 18.6. The van der Waals surface area contributed by atoms with Crippen molar-refractivity contribution in [1.29, 1.82) is 0 Å². The number of nitrogens with two attached hydrogens (primary N) is 2. The number of aliphatic imine (C=N–C) groups is 1. The van der Waals surface area contributed by atoms with Gasteiger partial charge in [0, 0.05) is 31.8 Å². The zero-order valence-electron chi connectivity index (χ0n) is 33.1. The molecule has 0 aliphatic heterocycles. The molecule has 314 valence electrons. The molecular weight excluding hydrogens is 732 g/mol. The van der Waals surface area contributed by atoms with E-state index >= 15 is 0 Å². The van der Waals surface area contributed by atoms with E-state index < -0.39 is 90.3 Å². The molecule has 1 heterocycles. The second-order valence-electron chi connectivity index (χ2n) is 14.3. The van der Waals surface area contributed by atoms with Crippen LogP contribution in [-0.4, -0.2) is 124 Å². The molecule has 0 aliphatic rings. The zero-order chi connectivity index (χ0) is 42.5. The van der Waals surface area contributed by atoms with E-state index in [-0.39, 0.29) is 50.0 Å². The third-order valence-corrected chi connectivity index (χ3v) is 8.13. The van der Waals surface area contributed by atoms with Crippen LogP contribution in [-0.2, 0) is 44.8 Å². The Morgan fingerprint density at radius 1 is 0.732 bits per heavy atom. The van der Waals surface area contributed by atoms with Crippen molar-refractivity contribution in [1.82, 2.24) is 47.2 Å². The molecule has 1 rings (SSSR count). The maximum atomic E-state index is 13.6. The predicted molar refractivity (Wildman–Crippen MR) is 205 cm³/mol. The molecule has 21 nitrogen and oxygen atoms in total. The molecular formula is C35H60N12O9. The van der Waals surface area contributed by atoms with Crippen molar-refractivity contribution in [3.63, 3.8) is 0 Å². The molecule has 56 heavy (non-hydrogen) atoms. The van der Waals surface area contributed by atoms with Crippen LogP contribution in [0.2, 0.25) is 0 Å². The number of imidazole rings is 1. The molecule has 0 unspecified atom stereocenters. The van der Waals surface area contributed by atoms with E-state index in [1.165, 1.54) is 26.4 Å². The van der Waals surface area contributed by atoms with Crippen LogP contribution < -0.4 is 48.7 Å². The molecule has 0 spiro atoms. The van der Waals surface area contributed by atoms with Crippen molar-refractivity contribution in [2.75, 3.05) is 13.2 Å². The van der Waals surface area contributed by atoms with E-state index in [1.807, 2.05) is 27.7 Å². The van der Waals surface area contributed by atoms with Crippen LogP contribution in [0.3, 0.4) is 0 Å². The van der Waals surface area contributed by atoms with Gasteiger partial charge >= 0.3 is 0 Å². The molecule has 0 fully saturated rings. The highest BCUT2D eigenvalue weighted by Crippen LogP contribution is 2.09. The van der Waals surface area contributed by atoms with E-state index in [2.05, 4.69) is 52.2 Å². The minimum absolute atomic E-state index is 0.0727. The summed E-state index contributed by atoms with van der Waals surface area (Å²) in [4.78, 5) is 113. The van der Waals surface area contributed by atoms with Gasteiger partial charge in [-0.3, -0.25) is 38.6 Å². The average molecular weight is 793 g/mol. The molecule has 21 heteroatoms. The van der Waals surface area contributed by atoms with E-state index in [1.54, 1.807) is 0 Å². The molecule has 7 atom stereocenters. The zero-order valence-corrected chi connectivity index (χ0v) is 33.1. The van der Waals surface area contributed by atoms with Gasteiger partial charge in [0.15, 0.2) is 5.96 Å². The summed E-state index contributed by atoms with van der Waals surface area (Å²) >= 11 is 0. The first-order valence-electron chi connectivity index (χ1n) is 18.5. The lowest BCUT2D eigenvalue weighted by atomic mass is 10.0. The number of aliphatic hydroxyl groups is 1. The lowest BCUT2D eigenvalue weighted by Gasteiger charge is -2.27. The minimum atomic E-state index is -1.34. The van der Waals surface area contributed by atoms with Gasteiger partial charge < -0.3 is 63.6 Å². The monoisotopic (exact) mass is 792 g/mol. The van der Waals surface area contributed by atoms with Gasteiger partial charge in [0.1, 0.15) is 42.5 Å². The van der Waals surface area contributed by atoms with Gasteiger partial charge in [0.2, 0.25) is 41.4 Å². The molecule has 13 N–H and O–H groups in total. The van der Waals surface area contributed by atoms with Crippen molar-refractivity contribution in [3.05, 3.63) is 18.2 Å². The molecule has 1 aromatic heterocycles. The van der Waals surface area contributed by atoms with Crippen LogP contribution in [0.25, 0.3) is 0 Å². The summed E-state index contributed by atoms with van der Waals surface area (Å²) in [6.45, 7) is 10.8. The maximum absolute atomic E-state index is 13.6. The Hall–Kier alpha value is -5.60. The summed E-state index contributed by atoms with van der Waals surface area (Å²) in [5, 5.41) is 27.4. The van der Waals surface area contributed by atoms with Crippen molar-refractivity contribution < 1.29 is 43.5 Å². The summed E-state index contributed by atoms with van der Waals surface area (Å²) in [6.07, 6.45) is 4.30. The van der Waals surface area contributed by atoms with Crippen LogP contribution in [0.15, 0.2) is 17.5 Å². The molecule has 0 saturated heterocycles. The molecule has 0 bridgehead atoms. The fraction of sp³-hybridized carbons (Fsp3) is 0.657. The first kappa shape index (κ1) is 48.4. The number of hydrogen-bond donors (Lipinski definition) is 11. The summed E-state index contributed by atoms with van der Waals surface area (Å²) < 4.78 is 0. The maximum Gasteiger partial charge on any atom is 0.245 e. The third-order valence-electron chi connectivity index (χ3n) is 8.13. The van der Waals surface area contributed by atoms with Gasteiger partial charge in [-0.05, 0) is 51.4 Å². The second kappa shape index (κ2) is 24.7. The van der Waals surface area contributed by atoms with Crippen LogP contribution in [0.5, 0.6) is 0 Å². The number of nitrogens with zero attached hydrogens (tertiary/aromatic N) is 2. The number of aliphatic hydroxyl groups excluding tert-OH is 1. The van der Waals surface area contributed by atoms with Gasteiger partial charge in [0.25, 0.3) is 0 Å². The topological polar surface area (TPSA) is 334 Å². The number of aromatic amines is 1. The Balaban J connectivity index is 3.03. The Morgan fingerprint density at radius 2 is 1.21 bits per heavy atom. The van der Waals surface area contributed by atoms with Crippen molar-refractivity contribution in [2.45, 2.75) is 123 Å². The predicted octanol–water partition coefficient (Wildman–Crippen LogP) is -3.26. The van der Waals surface area contributed by atoms with Crippen LogP contribution >= 0.6 is 0 Å². The smallest absolute Gasteiger partial charge is 0.245 e. The van der Waals surface area contributed by atoms with Gasteiger partial charge in [-0.25, -0.2) is 4.98 Å². The van der Waals surface area contributed by atoms with Crippen molar-refractivity contribution in [3.8, 4) is 0 Å². The molecule has 0 saturated carbocycles. The van der Waals surface area contributed by atoms with E-state index in [4.69, 9.17) is 11.5 Å². The number of guanidine groups is 1. The fourth-order valence-corrected chi connectivity index (χ4v) is 5.27. The number of hydrogen-bond acceptors (Lipinski definition) is 11. The highest BCUT2D eigenvalue weighted by atomic mass is 16.3. The lowest BCUT2D eigenvalue weighted by Crippen LogP contribution is -2.60. The van der Waals surface area contributed by atoms with Gasteiger partial charge in [-0.15, -0.1) is 0 Å². The van der Waals surface area contributed by atoms with E-state index in [0.29, 0.717) is 18.4 Å². The summed E-state index contributed by atoms with van der Waals surface area (Å²) in [5.41, 5.74) is 11.1. The molecule has 0 radical (unpaired) electrons. The second-order valence-corrected chi connectivity index (χ2v) is 14.3. The van der Waals surface area contributed by atoms with E-state index in [0.717, 1.165) is 6.92 Å². The largest absolute Gasteiger partial charge is 0.394 e. The Labute approximate surface area is 326 Å². The first-order chi connectivity index (χ1) is 26.3. The molecule has 0 aliphatic carbocycles. The molecule has 1 aromatic rings. The Bertz CT molecular complexity index is 1500. The Kier molecular flexibility index (Phi) is 21.4.